The third-order valence-electron chi connectivity index (χ3n) is 2.47. The predicted octanol–water partition coefficient (Wildman–Crippen LogP) is 2.81. The van der Waals surface area contributed by atoms with Gasteiger partial charge in [0.1, 0.15) is 5.75 Å². The number of esters is 1. The van der Waals surface area contributed by atoms with Gasteiger partial charge in [-0.15, -0.1) is 0 Å². The molecule has 0 aliphatic heterocycles. The lowest BCUT2D eigenvalue weighted by Gasteiger charge is -2.08. The quantitative estimate of drug-likeness (QED) is 0.780. The number of carbonyl (C=O) groups excluding carboxylic acids is 1. The molecule has 0 saturated heterocycles. The lowest BCUT2D eigenvalue weighted by molar-refractivity contribution is 0.0378. The van der Waals surface area contributed by atoms with Crippen LogP contribution >= 0.6 is 0 Å². The molecule has 0 radical (unpaired) electrons. The Bertz CT molecular complexity index is 578. The van der Waals surface area contributed by atoms with Crippen LogP contribution in [0.25, 0.3) is 10.9 Å². The summed E-state index contributed by atoms with van der Waals surface area (Å²) in [4.78, 5) is 16.0. The summed E-state index contributed by atoms with van der Waals surface area (Å²) < 4.78 is 10.3. The molecule has 1 heterocycles. The number of hydrogen-bond donors (Lipinski definition) is 0. The number of methoxy groups -OCH3 is 1. The van der Waals surface area contributed by atoms with Crippen LogP contribution in [0, 0.1) is 0 Å². The highest BCUT2D eigenvalue weighted by Gasteiger charge is 2.10. The molecule has 18 heavy (non-hydrogen) atoms. The van der Waals surface area contributed by atoms with Crippen molar-refractivity contribution in [2.24, 2.45) is 0 Å². The summed E-state index contributed by atoms with van der Waals surface area (Å²) in [5.41, 5.74) is 1.34. The molecule has 0 fully saturated rings. The number of ether oxygens (including phenoxy) is 2. The summed E-state index contributed by atoms with van der Waals surface area (Å²) in [6.07, 6.45) is 1.52. The third-order valence-corrected chi connectivity index (χ3v) is 2.47. The first-order chi connectivity index (χ1) is 8.60. The Balaban J connectivity index is 2.39. The maximum absolute atomic E-state index is 11.8. The van der Waals surface area contributed by atoms with E-state index in [4.69, 9.17) is 9.47 Å². The number of rotatable bonds is 3. The van der Waals surface area contributed by atoms with E-state index in [1.54, 1.807) is 31.5 Å². The highest BCUT2D eigenvalue weighted by Crippen LogP contribution is 2.20. The summed E-state index contributed by atoms with van der Waals surface area (Å²) in [5.74, 6) is 0.339. The van der Waals surface area contributed by atoms with Gasteiger partial charge in [-0.3, -0.25) is 4.98 Å². The molecule has 0 N–H and O–H groups in total. The van der Waals surface area contributed by atoms with Crippen LogP contribution in [0.15, 0.2) is 30.5 Å². The van der Waals surface area contributed by atoms with Gasteiger partial charge in [-0.05, 0) is 38.1 Å². The molecule has 0 bridgehead atoms. The zero-order chi connectivity index (χ0) is 13.1. The Kier molecular flexibility index (Phi) is 3.46. The van der Waals surface area contributed by atoms with Gasteiger partial charge in [0.2, 0.25) is 0 Å². The molecule has 0 saturated carbocycles. The molecule has 0 spiro atoms. The minimum atomic E-state index is -0.324. The number of pyridine rings is 1. The lowest BCUT2D eigenvalue weighted by Crippen LogP contribution is -2.11. The topological polar surface area (TPSA) is 48.4 Å². The van der Waals surface area contributed by atoms with Crippen LogP contribution in [0.2, 0.25) is 0 Å². The number of nitrogens with zero attached hydrogens (tertiary/aromatic N) is 1. The highest BCUT2D eigenvalue weighted by atomic mass is 16.5. The van der Waals surface area contributed by atoms with Gasteiger partial charge in [0, 0.05) is 5.39 Å². The second-order valence-corrected chi connectivity index (χ2v) is 4.24. The van der Waals surface area contributed by atoms with E-state index in [2.05, 4.69) is 4.98 Å². The highest BCUT2D eigenvalue weighted by molar-refractivity contribution is 5.94. The molecule has 0 atom stereocenters. The van der Waals surface area contributed by atoms with Crippen LogP contribution < -0.4 is 4.74 Å². The van der Waals surface area contributed by atoms with E-state index < -0.39 is 0 Å². The summed E-state index contributed by atoms with van der Waals surface area (Å²) in [6.45, 7) is 3.65. The number of hydrogen-bond acceptors (Lipinski definition) is 4. The summed E-state index contributed by atoms with van der Waals surface area (Å²) in [6, 6.07) is 7.11. The fourth-order valence-corrected chi connectivity index (χ4v) is 1.63. The predicted molar refractivity (Wildman–Crippen MR) is 68.8 cm³/mol. The van der Waals surface area contributed by atoms with Crippen LogP contribution in [0.4, 0.5) is 0 Å². The Hall–Kier alpha value is -2.10. The van der Waals surface area contributed by atoms with Crippen molar-refractivity contribution >= 4 is 16.9 Å². The second-order valence-electron chi connectivity index (χ2n) is 4.24. The molecule has 1 aromatic heterocycles. The molecule has 4 heteroatoms. The molecule has 94 valence electrons. The summed E-state index contributed by atoms with van der Waals surface area (Å²) in [5, 5.41) is 0.854. The van der Waals surface area contributed by atoms with Crippen LogP contribution in [0.3, 0.4) is 0 Å². The largest absolute Gasteiger partial charge is 0.495 e. The van der Waals surface area contributed by atoms with E-state index in [1.165, 1.54) is 0 Å². The normalized spacial score (nSPS) is 10.7. The zero-order valence-electron chi connectivity index (χ0n) is 10.6. The van der Waals surface area contributed by atoms with Gasteiger partial charge in [-0.25, -0.2) is 4.79 Å². The summed E-state index contributed by atoms with van der Waals surface area (Å²) >= 11 is 0. The van der Waals surface area contributed by atoms with Crippen LogP contribution in [-0.4, -0.2) is 24.2 Å². The fourth-order valence-electron chi connectivity index (χ4n) is 1.63. The Morgan fingerprint density at radius 1 is 1.28 bits per heavy atom. The maximum atomic E-state index is 11.8. The Morgan fingerprint density at radius 2 is 2.06 bits per heavy atom. The first-order valence-electron chi connectivity index (χ1n) is 5.75. The molecule has 2 rings (SSSR count). The van der Waals surface area contributed by atoms with Gasteiger partial charge < -0.3 is 9.47 Å². The van der Waals surface area contributed by atoms with Gasteiger partial charge in [-0.2, -0.15) is 0 Å². The van der Waals surface area contributed by atoms with E-state index in [1.807, 2.05) is 19.9 Å². The number of aromatic nitrogens is 1. The van der Waals surface area contributed by atoms with E-state index in [0.717, 1.165) is 10.9 Å². The van der Waals surface area contributed by atoms with Crippen molar-refractivity contribution in [2.45, 2.75) is 20.0 Å². The van der Waals surface area contributed by atoms with Crippen molar-refractivity contribution < 1.29 is 14.3 Å². The SMILES string of the molecule is COc1cnc2ccc(C(=O)OC(C)C)cc2c1. The molecular weight excluding hydrogens is 230 g/mol. The molecule has 0 aliphatic carbocycles. The first kappa shape index (κ1) is 12.4. The van der Waals surface area contributed by atoms with Crippen molar-refractivity contribution in [3.63, 3.8) is 0 Å². The zero-order valence-corrected chi connectivity index (χ0v) is 10.6. The average molecular weight is 245 g/mol. The molecule has 1 aromatic carbocycles. The van der Waals surface area contributed by atoms with Crippen molar-refractivity contribution in [3.05, 3.63) is 36.0 Å². The molecule has 4 nitrogen and oxygen atoms in total. The van der Waals surface area contributed by atoms with Gasteiger partial charge in [-0.1, -0.05) is 0 Å². The minimum absolute atomic E-state index is 0.128. The van der Waals surface area contributed by atoms with E-state index in [0.29, 0.717) is 11.3 Å². The van der Waals surface area contributed by atoms with Gasteiger partial charge >= 0.3 is 5.97 Å². The van der Waals surface area contributed by atoms with Gasteiger partial charge in [0.05, 0.1) is 30.5 Å². The Labute approximate surface area is 106 Å². The van der Waals surface area contributed by atoms with Crippen LogP contribution in [0.5, 0.6) is 5.75 Å². The number of fused-ring (bicyclic) bond motifs is 1. The average Bonchev–Trinajstić information content (AvgIpc) is 2.36. The number of benzene rings is 1. The van der Waals surface area contributed by atoms with Crippen LogP contribution in [-0.2, 0) is 4.74 Å². The van der Waals surface area contributed by atoms with Crippen molar-refractivity contribution in [2.75, 3.05) is 7.11 Å². The van der Waals surface area contributed by atoms with Crippen molar-refractivity contribution in [1.82, 2.24) is 4.98 Å². The number of carbonyl (C=O) groups is 1. The first-order valence-corrected chi connectivity index (χ1v) is 5.75. The standard InChI is InChI=1S/C14H15NO3/c1-9(2)18-14(16)10-4-5-13-11(6-10)7-12(17-3)8-15-13/h4-9H,1-3H3. The van der Waals surface area contributed by atoms with E-state index in [-0.39, 0.29) is 12.1 Å². The van der Waals surface area contributed by atoms with Crippen LogP contribution in [0.1, 0.15) is 24.2 Å². The smallest absolute Gasteiger partial charge is 0.338 e. The monoisotopic (exact) mass is 245 g/mol. The van der Waals surface area contributed by atoms with Gasteiger partial charge in [0.25, 0.3) is 0 Å². The van der Waals surface area contributed by atoms with Crippen molar-refractivity contribution in [3.8, 4) is 5.75 Å². The minimum Gasteiger partial charge on any atom is -0.495 e. The molecular formula is C14H15NO3. The Morgan fingerprint density at radius 3 is 2.72 bits per heavy atom. The van der Waals surface area contributed by atoms with E-state index in [9.17, 15) is 4.79 Å². The van der Waals surface area contributed by atoms with Gasteiger partial charge in [0.15, 0.2) is 0 Å². The third kappa shape index (κ3) is 2.59. The second kappa shape index (κ2) is 5.04. The lowest BCUT2D eigenvalue weighted by atomic mass is 10.1. The van der Waals surface area contributed by atoms with E-state index >= 15 is 0 Å². The molecule has 0 aliphatic rings. The maximum Gasteiger partial charge on any atom is 0.338 e. The summed E-state index contributed by atoms with van der Waals surface area (Å²) in [7, 11) is 1.58. The molecule has 0 amide bonds. The fraction of sp³-hybridized carbons (Fsp3) is 0.286. The molecule has 2 aromatic rings. The van der Waals surface area contributed by atoms with Crippen molar-refractivity contribution in [1.29, 1.82) is 0 Å². The molecule has 0 unspecified atom stereocenters.